The van der Waals surface area contributed by atoms with E-state index in [9.17, 15) is 14.0 Å². The van der Waals surface area contributed by atoms with Crippen molar-refractivity contribution in [2.75, 3.05) is 6.61 Å². The molecule has 0 bridgehead atoms. The summed E-state index contributed by atoms with van der Waals surface area (Å²) in [5.74, 6) is -0.840. The third kappa shape index (κ3) is 5.99. The van der Waals surface area contributed by atoms with Gasteiger partial charge in [-0.3, -0.25) is 4.79 Å². The van der Waals surface area contributed by atoms with Gasteiger partial charge in [-0.25, -0.2) is 14.6 Å². The number of rotatable bonds is 7. The molecule has 0 spiro atoms. The zero-order valence-electron chi connectivity index (χ0n) is 17.1. The fourth-order valence-corrected chi connectivity index (χ4v) is 2.64. The van der Waals surface area contributed by atoms with E-state index in [1.165, 1.54) is 30.5 Å². The number of carbonyl (C=O) groups excluding carboxylic acids is 2. The quantitative estimate of drug-likeness (QED) is 0.264. The van der Waals surface area contributed by atoms with Crippen molar-refractivity contribution in [1.29, 1.82) is 0 Å². The summed E-state index contributed by atoms with van der Waals surface area (Å²) in [4.78, 5) is 24.4. The maximum Gasteiger partial charge on any atom is 0.343 e. The third-order valence-corrected chi connectivity index (χ3v) is 4.24. The molecule has 0 aliphatic heterocycles. The van der Waals surface area contributed by atoms with Crippen molar-refractivity contribution in [3.63, 3.8) is 0 Å². The Labute approximate surface area is 179 Å². The smallest absolute Gasteiger partial charge is 0.343 e. The molecule has 0 heterocycles. The fraction of sp³-hybridized carbons (Fsp3) is 0.125. The minimum atomic E-state index is -0.632. The second-order valence-corrected chi connectivity index (χ2v) is 6.60. The summed E-state index contributed by atoms with van der Waals surface area (Å²) in [5.41, 5.74) is 4.87. The van der Waals surface area contributed by atoms with Gasteiger partial charge in [0.25, 0.3) is 5.91 Å². The van der Waals surface area contributed by atoms with Crippen LogP contribution in [0.3, 0.4) is 0 Å². The van der Waals surface area contributed by atoms with Gasteiger partial charge in [0.2, 0.25) is 0 Å². The minimum Gasteiger partial charge on any atom is -0.490 e. The molecular formula is C24H21FN2O4. The van der Waals surface area contributed by atoms with Crippen LogP contribution in [0.5, 0.6) is 11.5 Å². The maximum atomic E-state index is 13.0. The first-order valence-corrected chi connectivity index (χ1v) is 9.61. The monoisotopic (exact) mass is 420 g/mol. The first kappa shape index (κ1) is 21.7. The number of aryl methyl sites for hydroxylation is 1. The Kier molecular flexibility index (Phi) is 7.11. The first-order chi connectivity index (χ1) is 15.0. The van der Waals surface area contributed by atoms with E-state index >= 15 is 0 Å². The Morgan fingerprint density at radius 1 is 0.968 bits per heavy atom. The van der Waals surface area contributed by atoms with Gasteiger partial charge in [0.1, 0.15) is 5.82 Å². The summed E-state index contributed by atoms with van der Waals surface area (Å²) >= 11 is 0. The molecule has 31 heavy (non-hydrogen) atoms. The number of halogens is 1. The zero-order valence-corrected chi connectivity index (χ0v) is 17.1. The van der Waals surface area contributed by atoms with E-state index < -0.39 is 11.8 Å². The van der Waals surface area contributed by atoms with Gasteiger partial charge in [-0.2, -0.15) is 5.10 Å². The van der Waals surface area contributed by atoms with Crippen LogP contribution in [-0.4, -0.2) is 24.7 Å². The number of nitrogens with zero attached hydrogens (tertiary/aromatic N) is 1. The molecule has 7 heteroatoms. The highest BCUT2D eigenvalue weighted by atomic mass is 19.1. The number of ether oxygens (including phenoxy) is 2. The number of benzene rings is 3. The molecule has 0 aromatic heterocycles. The van der Waals surface area contributed by atoms with Crippen molar-refractivity contribution in [3.05, 3.63) is 94.8 Å². The molecule has 0 unspecified atom stereocenters. The van der Waals surface area contributed by atoms with Gasteiger partial charge >= 0.3 is 5.97 Å². The van der Waals surface area contributed by atoms with Crippen molar-refractivity contribution >= 4 is 18.1 Å². The summed E-state index contributed by atoms with van der Waals surface area (Å²) in [6.45, 7) is 4.09. The van der Waals surface area contributed by atoms with Crippen LogP contribution in [0.2, 0.25) is 0 Å². The highest BCUT2D eigenvalue weighted by molar-refractivity contribution is 5.95. The molecule has 1 amide bonds. The van der Waals surface area contributed by atoms with Crippen molar-refractivity contribution in [1.82, 2.24) is 5.43 Å². The van der Waals surface area contributed by atoms with E-state index in [4.69, 9.17) is 9.47 Å². The number of nitrogens with one attached hydrogen (secondary N) is 1. The molecule has 1 N–H and O–H groups in total. The average molecular weight is 420 g/mol. The Morgan fingerprint density at radius 2 is 1.65 bits per heavy atom. The number of carbonyl (C=O) groups is 2. The predicted molar refractivity (Wildman–Crippen MR) is 115 cm³/mol. The van der Waals surface area contributed by atoms with Crippen LogP contribution in [0.4, 0.5) is 4.39 Å². The summed E-state index contributed by atoms with van der Waals surface area (Å²) in [6.07, 6.45) is 1.46. The molecule has 3 aromatic carbocycles. The lowest BCUT2D eigenvalue weighted by Gasteiger charge is -2.11. The SMILES string of the molecule is CCOc1cc(/C=N\NC(=O)c2ccc(C)cc2)ccc1OC(=O)c1ccc(F)cc1. The van der Waals surface area contributed by atoms with E-state index in [0.29, 0.717) is 23.5 Å². The lowest BCUT2D eigenvalue weighted by Crippen LogP contribution is -2.17. The van der Waals surface area contributed by atoms with E-state index in [-0.39, 0.29) is 17.2 Å². The lowest BCUT2D eigenvalue weighted by atomic mass is 10.1. The van der Waals surface area contributed by atoms with Crippen LogP contribution in [0, 0.1) is 12.7 Å². The Balaban J connectivity index is 1.69. The largest absolute Gasteiger partial charge is 0.490 e. The predicted octanol–water partition coefficient (Wildman–Crippen LogP) is 4.52. The zero-order chi connectivity index (χ0) is 22.2. The lowest BCUT2D eigenvalue weighted by molar-refractivity contribution is 0.0728. The summed E-state index contributed by atoms with van der Waals surface area (Å²) in [7, 11) is 0. The van der Waals surface area contributed by atoms with Crippen molar-refractivity contribution in [2.45, 2.75) is 13.8 Å². The molecule has 3 rings (SSSR count). The van der Waals surface area contributed by atoms with Crippen LogP contribution >= 0.6 is 0 Å². The van der Waals surface area contributed by atoms with Gasteiger partial charge in [0.05, 0.1) is 18.4 Å². The van der Waals surface area contributed by atoms with Gasteiger partial charge in [-0.1, -0.05) is 17.7 Å². The van der Waals surface area contributed by atoms with Crippen LogP contribution in [0.1, 0.15) is 38.8 Å². The summed E-state index contributed by atoms with van der Waals surface area (Å²) in [5, 5.41) is 3.96. The minimum absolute atomic E-state index is 0.216. The molecular weight excluding hydrogens is 399 g/mol. The van der Waals surface area contributed by atoms with Gasteiger partial charge in [0, 0.05) is 5.56 Å². The second-order valence-electron chi connectivity index (χ2n) is 6.60. The molecule has 3 aromatic rings. The van der Waals surface area contributed by atoms with Gasteiger partial charge in [-0.15, -0.1) is 0 Å². The molecule has 0 saturated heterocycles. The van der Waals surface area contributed by atoms with E-state index in [1.54, 1.807) is 37.3 Å². The molecule has 0 fully saturated rings. The third-order valence-electron chi connectivity index (χ3n) is 4.24. The molecule has 0 radical (unpaired) electrons. The Morgan fingerprint density at radius 3 is 2.32 bits per heavy atom. The van der Waals surface area contributed by atoms with E-state index in [0.717, 1.165) is 5.56 Å². The van der Waals surface area contributed by atoms with Gasteiger partial charge < -0.3 is 9.47 Å². The van der Waals surface area contributed by atoms with E-state index in [2.05, 4.69) is 10.5 Å². The number of hydrogen-bond donors (Lipinski definition) is 1. The van der Waals surface area contributed by atoms with Crippen molar-refractivity contribution < 1.29 is 23.5 Å². The standard InChI is InChI=1S/C24H21FN2O4/c1-3-30-22-14-17(15-26-27-23(28)18-7-4-16(2)5-8-18)6-13-21(22)31-24(29)19-9-11-20(25)12-10-19/h4-15H,3H2,1-2H3,(H,27,28)/b26-15-. The van der Waals surface area contributed by atoms with Gasteiger partial charge in [0.15, 0.2) is 11.5 Å². The second kappa shape index (κ2) is 10.2. The fourth-order valence-electron chi connectivity index (χ4n) is 2.64. The molecule has 158 valence electrons. The summed E-state index contributed by atoms with van der Waals surface area (Å²) < 4.78 is 24.0. The molecule has 0 aliphatic rings. The maximum absolute atomic E-state index is 13.0. The summed E-state index contributed by atoms with van der Waals surface area (Å²) in [6, 6.07) is 17.1. The average Bonchev–Trinajstić information content (AvgIpc) is 2.76. The van der Waals surface area contributed by atoms with Crippen molar-refractivity contribution in [2.24, 2.45) is 5.10 Å². The Bertz CT molecular complexity index is 1090. The molecule has 0 saturated carbocycles. The number of hydrogen-bond acceptors (Lipinski definition) is 5. The number of esters is 1. The van der Waals surface area contributed by atoms with Gasteiger partial charge in [-0.05, 0) is 74.0 Å². The Hall–Kier alpha value is -4.00. The molecule has 0 aliphatic carbocycles. The van der Waals surface area contributed by atoms with Crippen LogP contribution < -0.4 is 14.9 Å². The van der Waals surface area contributed by atoms with E-state index in [1.807, 2.05) is 19.1 Å². The number of amides is 1. The number of hydrazone groups is 1. The molecule has 6 nitrogen and oxygen atoms in total. The normalized spacial score (nSPS) is 10.7. The van der Waals surface area contributed by atoms with Crippen LogP contribution in [0.25, 0.3) is 0 Å². The van der Waals surface area contributed by atoms with Crippen molar-refractivity contribution in [3.8, 4) is 11.5 Å². The first-order valence-electron chi connectivity index (χ1n) is 9.61. The van der Waals surface area contributed by atoms with Crippen LogP contribution in [0.15, 0.2) is 71.8 Å². The molecule has 0 atom stereocenters. The highest BCUT2D eigenvalue weighted by Crippen LogP contribution is 2.29. The highest BCUT2D eigenvalue weighted by Gasteiger charge is 2.13. The topological polar surface area (TPSA) is 77.0 Å². The van der Waals surface area contributed by atoms with Crippen LogP contribution in [-0.2, 0) is 0 Å².